The Bertz CT molecular complexity index is 858. The Morgan fingerprint density at radius 3 is 2.23 bits per heavy atom. The molecule has 1 saturated carbocycles. The Kier molecular flexibility index (Phi) is 5.58. The largest absolute Gasteiger partial charge is 0.325 e. The van der Waals surface area contributed by atoms with E-state index < -0.39 is 10.0 Å². The predicted molar refractivity (Wildman–Crippen MR) is 103 cm³/mol. The van der Waals surface area contributed by atoms with E-state index in [1.54, 1.807) is 48.5 Å². The second-order valence-electron chi connectivity index (χ2n) is 6.62. The lowest BCUT2D eigenvalue weighted by Crippen LogP contribution is -2.29. The molecule has 1 fully saturated rings. The van der Waals surface area contributed by atoms with Crippen LogP contribution in [0.5, 0.6) is 0 Å². The molecule has 0 saturated heterocycles. The van der Waals surface area contributed by atoms with Gasteiger partial charge in [-0.05, 0) is 68.6 Å². The summed E-state index contributed by atoms with van der Waals surface area (Å²) in [5, 5.41) is 5.91. The molecule has 6 nitrogen and oxygen atoms in total. The lowest BCUT2D eigenvalue weighted by atomic mass is 10.2. The molecule has 0 spiro atoms. The number of anilines is 2. The first kappa shape index (κ1) is 18.4. The topological polar surface area (TPSA) is 87.3 Å². The van der Waals surface area contributed by atoms with E-state index in [0.29, 0.717) is 11.4 Å². The highest BCUT2D eigenvalue weighted by molar-refractivity contribution is 7.92. The molecule has 0 heterocycles. The number of benzene rings is 2. The smallest absolute Gasteiger partial charge is 0.261 e. The second kappa shape index (κ2) is 7.88. The molecule has 1 aliphatic rings. The molecule has 26 heavy (non-hydrogen) atoms. The van der Waals surface area contributed by atoms with Crippen molar-refractivity contribution in [3.63, 3.8) is 0 Å². The molecule has 2 aromatic rings. The first-order valence-electron chi connectivity index (χ1n) is 8.62. The molecule has 0 radical (unpaired) electrons. The lowest BCUT2D eigenvalue weighted by Gasteiger charge is -2.10. The molecule has 2 aromatic carbocycles. The number of carbonyl (C=O) groups is 1. The van der Waals surface area contributed by atoms with Gasteiger partial charge in [0.05, 0.1) is 11.4 Å². The first-order chi connectivity index (χ1) is 12.4. The van der Waals surface area contributed by atoms with Crippen LogP contribution in [0.2, 0.25) is 0 Å². The van der Waals surface area contributed by atoms with Crippen molar-refractivity contribution in [2.45, 2.75) is 24.7 Å². The van der Waals surface area contributed by atoms with Crippen molar-refractivity contribution in [2.75, 3.05) is 23.1 Å². The Morgan fingerprint density at radius 1 is 1.00 bits per heavy atom. The fourth-order valence-electron chi connectivity index (χ4n) is 2.47. The first-order valence-corrected chi connectivity index (χ1v) is 10.1. The molecule has 0 aliphatic heterocycles. The minimum atomic E-state index is -3.63. The van der Waals surface area contributed by atoms with Crippen LogP contribution in [0.25, 0.3) is 0 Å². The van der Waals surface area contributed by atoms with Gasteiger partial charge < -0.3 is 10.6 Å². The van der Waals surface area contributed by atoms with Crippen LogP contribution in [0.15, 0.2) is 53.4 Å². The number of amides is 1. The summed E-state index contributed by atoms with van der Waals surface area (Å²) in [6, 6.07) is 13.2. The number of rotatable bonds is 8. The molecule has 3 N–H and O–H groups in total. The number of sulfonamides is 1. The van der Waals surface area contributed by atoms with Crippen molar-refractivity contribution in [3.8, 4) is 0 Å². The van der Waals surface area contributed by atoms with Crippen molar-refractivity contribution in [3.05, 3.63) is 54.1 Å². The van der Waals surface area contributed by atoms with E-state index in [1.165, 1.54) is 12.8 Å². The highest BCUT2D eigenvalue weighted by Gasteiger charge is 2.20. The minimum absolute atomic E-state index is 0.112. The molecule has 0 atom stereocenters. The van der Waals surface area contributed by atoms with Gasteiger partial charge in [0.25, 0.3) is 10.0 Å². The van der Waals surface area contributed by atoms with E-state index in [2.05, 4.69) is 15.4 Å². The molecule has 0 bridgehead atoms. The third kappa shape index (κ3) is 5.31. The van der Waals surface area contributed by atoms with Crippen LogP contribution in [-0.4, -0.2) is 27.4 Å². The summed E-state index contributed by atoms with van der Waals surface area (Å²) in [7, 11) is -3.63. The fourth-order valence-corrected chi connectivity index (χ4v) is 3.53. The van der Waals surface area contributed by atoms with Crippen LogP contribution in [-0.2, 0) is 14.8 Å². The predicted octanol–water partition coefficient (Wildman–Crippen LogP) is 2.73. The molecule has 3 rings (SSSR count). The summed E-state index contributed by atoms with van der Waals surface area (Å²) in [6.07, 6.45) is 2.49. The maximum Gasteiger partial charge on any atom is 0.261 e. The number of nitrogens with one attached hydrogen (secondary N) is 3. The summed E-state index contributed by atoms with van der Waals surface area (Å²) in [6.45, 7) is 3.06. The zero-order valence-corrected chi connectivity index (χ0v) is 15.5. The van der Waals surface area contributed by atoms with Gasteiger partial charge in [-0.1, -0.05) is 17.7 Å². The monoisotopic (exact) mass is 373 g/mol. The Hall–Kier alpha value is -2.38. The highest BCUT2D eigenvalue weighted by atomic mass is 32.2. The van der Waals surface area contributed by atoms with Crippen LogP contribution < -0.4 is 15.4 Å². The van der Waals surface area contributed by atoms with Gasteiger partial charge >= 0.3 is 0 Å². The van der Waals surface area contributed by atoms with Gasteiger partial charge in [-0.2, -0.15) is 0 Å². The molecule has 138 valence electrons. The maximum atomic E-state index is 12.4. The van der Waals surface area contributed by atoms with E-state index in [-0.39, 0.29) is 17.3 Å². The van der Waals surface area contributed by atoms with E-state index in [9.17, 15) is 13.2 Å². The summed E-state index contributed by atoms with van der Waals surface area (Å²) in [5.74, 6) is 0.613. The zero-order valence-electron chi connectivity index (χ0n) is 14.7. The van der Waals surface area contributed by atoms with Gasteiger partial charge in [0.15, 0.2) is 0 Å². The van der Waals surface area contributed by atoms with Crippen LogP contribution in [0.4, 0.5) is 11.4 Å². The zero-order chi connectivity index (χ0) is 18.6. The molecule has 0 aromatic heterocycles. The lowest BCUT2D eigenvalue weighted by molar-refractivity contribution is -0.115. The normalized spacial score (nSPS) is 14.0. The standard InChI is InChI=1S/C19H23N3O3S/c1-14-2-10-18(11-3-14)26(24,25)22-17-8-6-16(7-9-17)21-19(23)13-20-12-15-4-5-15/h2-3,6-11,15,20,22H,4-5,12-13H2,1H3,(H,21,23). The Morgan fingerprint density at radius 2 is 1.62 bits per heavy atom. The quantitative estimate of drug-likeness (QED) is 0.664. The summed E-state index contributed by atoms with van der Waals surface area (Å²) in [5.41, 5.74) is 2.06. The summed E-state index contributed by atoms with van der Waals surface area (Å²) >= 11 is 0. The average molecular weight is 373 g/mol. The van der Waals surface area contributed by atoms with Crippen molar-refractivity contribution in [2.24, 2.45) is 5.92 Å². The average Bonchev–Trinajstić information content (AvgIpc) is 3.41. The van der Waals surface area contributed by atoms with Crippen molar-refractivity contribution < 1.29 is 13.2 Å². The van der Waals surface area contributed by atoms with E-state index in [1.807, 2.05) is 6.92 Å². The number of hydrogen-bond donors (Lipinski definition) is 3. The van der Waals surface area contributed by atoms with Gasteiger partial charge in [-0.15, -0.1) is 0 Å². The van der Waals surface area contributed by atoms with E-state index >= 15 is 0 Å². The van der Waals surface area contributed by atoms with Crippen molar-refractivity contribution >= 4 is 27.3 Å². The highest BCUT2D eigenvalue weighted by Crippen LogP contribution is 2.27. The van der Waals surface area contributed by atoms with Gasteiger partial charge in [0.1, 0.15) is 0 Å². The molecule has 0 unspecified atom stereocenters. The Labute approximate surface area is 154 Å². The molecular formula is C19H23N3O3S. The van der Waals surface area contributed by atoms with Gasteiger partial charge in [-0.25, -0.2) is 8.42 Å². The van der Waals surface area contributed by atoms with Crippen molar-refractivity contribution in [1.82, 2.24) is 5.32 Å². The third-order valence-corrected chi connectivity index (χ3v) is 5.56. The van der Waals surface area contributed by atoms with E-state index in [4.69, 9.17) is 0 Å². The molecule has 1 amide bonds. The second-order valence-corrected chi connectivity index (χ2v) is 8.30. The molecule has 7 heteroatoms. The van der Waals surface area contributed by atoms with E-state index in [0.717, 1.165) is 18.0 Å². The van der Waals surface area contributed by atoms with Crippen molar-refractivity contribution in [1.29, 1.82) is 0 Å². The van der Waals surface area contributed by atoms with Crippen LogP contribution in [0.1, 0.15) is 18.4 Å². The number of hydrogen-bond acceptors (Lipinski definition) is 4. The third-order valence-electron chi connectivity index (χ3n) is 4.17. The van der Waals surface area contributed by atoms with Gasteiger partial charge in [-0.3, -0.25) is 9.52 Å². The van der Waals surface area contributed by atoms with Gasteiger partial charge in [0.2, 0.25) is 5.91 Å². The van der Waals surface area contributed by atoms with Crippen LogP contribution in [0, 0.1) is 12.8 Å². The number of carbonyl (C=O) groups excluding carboxylic acids is 1. The SMILES string of the molecule is Cc1ccc(S(=O)(=O)Nc2ccc(NC(=O)CNCC3CC3)cc2)cc1. The fraction of sp³-hybridized carbons (Fsp3) is 0.316. The maximum absolute atomic E-state index is 12.4. The van der Waals surface area contributed by atoms with Crippen LogP contribution >= 0.6 is 0 Å². The van der Waals surface area contributed by atoms with Crippen LogP contribution in [0.3, 0.4) is 0 Å². The number of aryl methyl sites for hydroxylation is 1. The Balaban J connectivity index is 1.54. The minimum Gasteiger partial charge on any atom is -0.325 e. The molecular weight excluding hydrogens is 350 g/mol. The summed E-state index contributed by atoms with van der Waals surface area (Å²) < 4.78 is 27.3. The summed E-state index contributed by atoms with van der Waals surface area (Å²) in [4.78, 5) is 12.1. The molecule has 1 aliphatic carbocycles. The van der Waals surface area contributed by atoms with Gasteiger partial charge in [0, 0.05) is 11.4 Å².